The van der Waals surface area contributed by atoms with Gasteiger partial charge in [0, 0.05) is 46.3 Å². The SMILES string of the molecule is CN(C)C(=O)CN=C(NCC1CCCO1)NC1CCC(=O)NC1.I. The zero-order valence-electron chi connectivity index (χ0n) is 14.3. The highest BCUT2D eigenvalue weighted by Crippen LogP contribution is 2.10. The van der Waals surface area contributed by atoms with E-state index in [1.54, 1.807) is 14.1 Å². The molecule has 0 aromatic rings. The summed E-state index contributed by atoms with van der Waals surface area (Å²) in [5.74, 6) is 0.619. The predicted octanol–water partition coefficient (Wildman–Crippen LogP) is -0.315. The van der Waals surface area contributed by atoms with E-state index in [0.717, 1.165) is 25.9 Å². The van der Waals surface area contributed by atoms with Crippen LogP contribution < -0.4 is 16.0 Å². The number of guanidine groups is 1. The number of nitrogens with zero attached hydrogens (tertiary/aromatic N) is 2. The molecular formula is C15H28IN5O3. The molecule has 0 bridgehead atoms. The molecule has 9 heteroatoms. The maximum atomic E-state index is 11.7. The molecule has 0 radical (unpaired) electrons. The Bertz CT molecular complexity index is 442. The summed E-state index contributed by atoms with van der Waals surface area (Å²) in [6.45, 7) is 2.13. The van der Waals surface area contributed by atoms with Crippen LogP contribution in [0.2, 0.25) is 0 Å². The molecule has 2 saturated heterocycles. The van der Waals surface area contributed by atoms with E-state index < -0.39 is 0 Å². The Balaban J connectivity index is 0.00000288. The van der Waals surface area contributed by atoms with E-state index >= 15 is 0 Å². The maximum Gasteiger partial charge on any atom is 0.243 e. The van der Waals surface area contributed by atoms with Crippen molar-refractivity contribution in [1.29, 1.82) is 0 Å². The Hall–Kier alpha value is -1.10. The van der Waals surface area contributed by atoms with E-state index in [4.69, 9.17) is 4.74 Å². The number of carbonyl (C=O) groups excluding carboxylic acids is 2. The van der Waals surface area contributed by atoms with Crippen molar-refractivity contribution >= 4 is 41.8 Å². The van der Waals surface area contributed by atoms with Crippen molar-refractivity contribution in [2.45, 2.75) is 37.8 Å². The number of nitrogens with one attached hydrogen (secondary N) is 3. The third-order valence-corrected chi connectivity index (χ3v) is 4.00. The minimum atomic E-state index is -0.0554. The lowest BCUT2D eigenvalue weighted by Crippen LogP contribution is -2.52. The zero-order chi connectivity index (χ0) is 16.7. The van der Waals surface area contributed by atoms with Gasteiger partial charge in [0.15, 0.2) is 5.96 Å². The monoisotopic (exact) mass is 453 g/mol. The number of halogens is 1. The largest absolute Gasteiger partial charge is 0.376 e. The lowest BCUT2D eigenvalue weighted by molar-refractivity contribution is -0.127. The van der Waals surface area contributed by atoms with Crippen molar-refractivity contribution in [3.8, 4) is 0 Å². The van der Waals surface area contributed by atoms with Crippen molar-refractivity contribution < 1.29 is 14.3 Å². The first kappa shape index (κ1) is 20.9. The van der Waals surface area contributed by atoms with Crippen LogP contribution in [0.1, 0.15) is 25.7 Å². The highest BCUT2D eigenvalue weighted by atomic mass is 127. The van der Waals surface area contributed by atoms with Gasteiger partial charge in [-0.25, -0.2) is 4.99 Å². The van der Waals surface area contributed by atoms with Crippen LogP contribution in [0.15, 0.2) is 4.99 Å². The van der Waals surface area contributed by atoms with Gasteiger partial charge in [-0.1, -0.05) is 0 Å². The first-order chi connectivity index (χ1) is 11.0. The van der Waals surface area contributed by atoms with Gasteiger partial charge in [0.2, 0.25) is 11.8 Å². The van der Waals surface area contributed by atoms with E-state index in [1.807, 2.05) is 0 Å². The molecule has 0 aliphatic carbocycles. The van der Waals surface area contributed by atoms with Crippen molar-refractivity contribution in [3.05, 3.63) is 0 Å². The van der Waals surface area contributed by atoms with Crippen molar-refractivity contribution in [3.63, 3.8) is 0 Å². The molecule has 3 N–H and O–H groups in total. The predicted molar refractivity (Wildman–Crippen MR) is 103 cm³/mol. The van der Waals surface area contributed by atoms with Crippen molar-refractivity contribution in [1.82, 2.24) is 20.9 Å². The third kappa shape index (κ3) is 7.20. The highest BCUT2D eigenvalue weighted by Gasteiger charge is 2.20. The Labute approximate surface area is 160 Å². The summed E-state index contributed by atoms with van der Waals surface area (Å²) in [5.41, 5.74) is 0. The quantitative estimate of drug-likeness (QED) is 0.302. The summed E-state index contributed by atoms with van der Waals surface area (Å²) in [4.78, 5) is 28.8. The van der Waals surface area contributed by atoms with Gasteiger partial charge in [0.25, 0.3) is 0 Å². The minimum Gasteiger partial charge on any atom is -0.376 e. The molecule has 0 spiro atoms. The minimum absolute atomic E-state index is 0. The van der Waals surface area contributed by atoms with Crippen LogP contribution in [-0.2, 0) is 14.3 Å². The molecule has 0 saturated carbocycles. The average molecular weight is 453 g/mol. The number of hydrogen-bond acceptors (Lipinski definition) is 4. The number of carbonyl (C=O) groups is 2. The molecule has 2 unspecified atom stereocenters. The first-order valence-corrected chi connectivity index (χ1v) is 8.18. The normalized spacial score (nSPS) is 23.9. The average Bonchev–Trinajstić information content (AvgIpc) is 3.05. The second kappa shape index (κ2) is 10.7. The second-order valence-electron chi connectivity index (χ2n) is 6.15. The van der Waals surface area contributed by atoms with E-state index in [9.17, 15) is 9.59 Å². The molecule has 2 heterocycles. The van der Waals surface area contributed by atoms with Gasteiger partial charge >= 0.3 is 0 Å². The molecule has 0 aromatic heterocycles. The molecule has 138 valence electrons. The summed E-state index contributed by atoms with van der Waals surface area (Å²) in [6.07, 6.45) is 3.58. The van der Waals surface area contributed by atoms with Gasteiger partial charge in [0.05, 0.1) is 6.10 Å². The Kier molecular flexibility index (Phi) is 9.34. The Morgan fingerprint density at radius 1 is 1.42 bits per heavy atom. The lowest BCUT2D eigenvalue weighted by Gasteiger charge is -2.26. The molecule has 2 aliphatic heterocycles. The maximum absolute atomic E-state index is 11.7. The van der Waals surface area contributed by atoms with Crippen LogP contribution in [-0.4, -0.2) is 75.2 Å². The molecule has 2 fully saturated rings. The van der Waals surface area contributed by atoms with Gasteiger partial charge in [0.1, 0.15) is 6.54 Å². The number of rotatable bonds is 5. The molecule has 2 atom stereocenters. The van der Waals surface area contributed by atoms with Gasteiger partial charge in [-0.2, -0.15) is 0 Å². The van der Waals surface area contributed by atoms with Gasteiger partial charge in [-0.05, 0) is 19.3 Å². The van der Waals surface area contributed by atoms with E-state index in [-0.39, 0.29) is 54.5 Å². The summed E-state index contributed by atoms with van der Waals surface area (Å²) in [6, 6.07) is 0.123. The number of hydrogen-bond donors (Lipinski definition) is 3. The topological polar surface area (TPSA) is 95.1 Å². The van der Waals surface area contributed by atoms with Crippen molar-refractivity contribution in [2.75, 3.05) is 40.3 Å². The first-order valence-electron chi connectivity index (χ1n) is 8.18. The second-order valence-corrected chi connectivity index (χ2v) is 6.15. The Morgan fingerprint density at radius 2 is 2.21 bits per heavy atom. The Morgan fingerprint density at radius 3 is 2.79 bits per heavy atom. The van der Waals surface area contributed by atoms with Crippen LogP contribution in [0.4, 0.5) is 0 Å². The molecule has 2 rings (SSSR count). The van der Waals surface area contributed by atoms with Crippen LogP contribution in [0.3, 0.4) is 0 Å². The van der Waals surface area contributed by atoms with Crippen LogP contribution in [0.5, 0.6) is 0 Å². The summed E-state index contributed by atoms with van der Waals surface area (Å²) in [5, 5.41) is 9.37. The van der Waals surface area contributed by atoms with Crippen LogP contribution in [0, 0.1) is 0 Å². The fourth-order valence-corrected chi connectivity index (χ4v) is 2.51. The van der Waals surface area contributed by atoms with Gasteiger partial charge in [-0.3, -0.25) is 9.59 Å². The fourth-order valence-electron chi connectivity index (χ4n) is 2.51. The smallest absolute Gasteiger partial charge is 0.243 e. The highest BCUT2D eigenvalue weighted by molar-refractivity contribution is 14.0. The fraction of sp³-hybridized carbons (Fsp3) is 0.800. The molecule has 24 heavy (non-hydrogen) atoms. The standard InChI is InChI=1S/C15H27N5O3.HI/c1-20(2)14(22)10-18-15(17-9-12-4-3-7-23-12)19-11-5-6-13(21)16-8-11;/h11-12H,3-10H2,1-2H3,(H,16,21)(H2,17,18,19);1H. The molecule has 8 nitrogen and oxygen atoms in total. The van der Waals surface area contributed by atoms with Crippen molar-refractivity contribution in [2.24, 2.45) is 4.99 Å². The summed E-state index contributed by atoms with van der Waals surface area (Å²) < 4.78 is 5.59. The number of amides is 2. The van der Waals surface area contributed by atoms with Gasteiger partial charge < -0.3 is 25.6 Å². The lowest BCUT2D eigenvalue weighted by atomic mass is 10.1. The summed E-state index contributed by atoms with van der Waals surface area (Å²) >= 11 is 0. The number of ether oxygens (including phenoxy) is 1. The number of likely N-dealkylation sites (N-methyl/N-ethyl adjacent to an activating group) is 1. The number of piperidine rings is 1. The van der Waals surface area contributed by atoms with Crippen LogP contribution >= 0.6 is 24.0 Å². The van der Waals surface area contributed by atoms with E-state index in [0.29, 0.717) is 25.5 Å². The van der Waals surface area contributed by atoms with Crippen LogP contribution in [0.25, 0.3) is 0 Å². The molecule has 2 aliphatic rings. The number of aliphatic imine (C=N–C) groups is 1. The molecular weight excluding hydrogens is 425 g/mol. The molecule has 2 amide bonds. The zero-order valence-corrected chi connectivity index (χ0v) is 16.7. The third-order valence-electron chi connectivity index (χ3n) is 4.00. The molecule has 0 aromatic carbocycles. The van der Waals surface area contributed by atoms with E-state index in [1.165, 1.54) is 4.90 Å². The van der Waals surface area contributed by atoms with E-state index in [2.05, 4.69) is 20.9 Å². The van der Waals surface area contributed by atoms with Gasteiger partial charge in [-0.15, -0.1) is 24.0 Å². The summed E-state index contributed by atoms with van der Waals surface area (Å²) in [7, 11) is 3.42.